The minimum absolute atomic E-state index is 0. The van der Waals surface area contributed by atoms with Gasteiger partial charge in [-0.1, -0.05) is 42.5 Å². The number of fused-ring (bicyclic) bond motifs is 3. The third-order valence-electron chi connectivity index (χ3n) is 6.32. The van der Waals surface area contributed by atoms with Crippen molar-refractivity contribution < 1.29 is 9.53 Å². The second-order valence-corrected chi connectivity index (χ2v) is 7.71. The van der Waals surface area contributed by atoms with E-state index in [4.69, 9.17) is 4.74 Å². The lowest BCUT2D eigenvalue weighted by molar-refractivity contribution is -0.123. The van der Waals surface area contributed by atoms with Crippen molar-refractivity contribution in [3.63, 3.8) is 0 Å². The lowest BCUT2D eigenvalue weighted by Crippen LogP contribution is -2.40. The molecule has 4 nitrogen and oxygen atoms in total. The Morgan fingerprint density at radius 3 is 2.93 bits per heavy atom. The van der Waals surface area contributed by atoms with Crippen molar-refractivity contribution in [2.75, 3.05) is 19.7 Å². The van der Waals surface area contributed by atoms with Crippen LogP contribution in [0.15, 0.2) is 48.5 Å². The van der Waals surface area contributed by atoms with Gasteiger partial charge in [0.1, 0.15) is 5.75 Å². The van der Waals surface area contributed by atoms with Crippen LogP contribution in [0, 0.1) is 5.92 Å². The predicted octanol–water partition coefficient (Wildman–Crippen LogP) is 3.15. The van der Waals surface area contributed by atoms with E-state index in [-0.39, 0.29) is 35.7 Å². The Kier molecular flexibility index (Phi) is 4.87. The predicted molar refractivity (Wildman–Crippen MR) is 107 cm³/mol. The number of amides is 1. The molecule has 0 bridgehead atoms. The number of para-hydroxylation sites is 1. The first-order valence-corrected chi connectivity index (χ1v) is 9.59. The topological polar surface area (TPSA) is 50.4 Å². The molecule has 0 aromatic heterocycles. The molecule has 3 atom stereocenters. The van der Waals surface area contributed by atoms with Crippen LogP contribution in [0.2, 0.25) is 0 Å². The van der Waals surface area contributed by atoms with E-state index in [1.807, 2.05) is 18.2 Å². The average molecular weight is 385 g/mol. The molecule has 3 aliphatic rings. The molecule has 3 unspecified atom stereocenters. The number of carbonyl (C=O) groups is 1. The smallest absolute Gasteiger partial charge is 0.224 e. The summed E-state index contributed by atoms with van der Waals surface area (Å²) in [5.41, 5.74) is 3.93. The summed E-state index contributed by atoms with van der Waals surface area (Å²) in [5.74, 6) is 1.22. The van der Waals surface area contributed by atoms with Crippen molar-refractivity contribution in [2.45, 2.75) is 30.7 Å². The molecule has 0 radical (unpaired) electrons. The Morgan fingerprint density at radius 1 is 1.19 bits per heavy atom. The summed E-state index contributed by atoms with van der Waals surface area (Å²) in [6, 6.07) is 16.9. The first-order valence-electron chi connectivity index (χ1n) is 9.59. The Balaban J connectivity index is 0.00000180. The zero-order valence-electron chi connectivity index (χ0n) is 15.2. The first-order chi connectivity index (χ1) is 12.8. The van der Waals surface area contributed by atoms with Crippen LogP contribution in [0.25, 0.3) is 0 Å². The Morgan fingerprint density at radius 2 is 2.00 bits per heavy atom. The molecule has 5 heteroatoms. The van der Waals surface area contributed by atoms with Crippen molar-refractivity contribution in [3.05, 3.63) is 65.2 Å². The maximum atomic E-state index is 12.9. The van der Waals surface area contributed by atoms with Gasteiger partial charge in [0.15, 0.2) is 0 Å². The number of ether oxygens (including phenoxy) is 1. The summed E-state index contributed by atoms with van der Waals surface area (Å²) in [5, 5.41) is 6.76. The van der Waals surface area contributed by atoms with Gasteiger partial charge in [-0.2, -0.15) is 0 Å². The number of benzene rings is 2. The number of hydrogen-bond donors (Lipinski definition) is 2. The van der Waals surface area contributed by atoms with E-state index in [0.29, 0.717) is 13.2 Å². The van der Waals surface area contributed by atoms with Gasteiger partial charge >= 0.3 is 0 Å². The second-order valence-electron chi connectivity index (χ2n) is 7.71. The highest BCUT2D eigenvalue weighted by molar-refractivity contribution is 5.85. The second kappa shape index (κ2) is 7.17. The van der Waals surface area contributed by atoms with E-state index >= 15 is 0 Å². The van der Waals surface area contributed by atoms with Crippen molar-refractivity contribution in [1.82, 2.24) is 10.6 Å². The summed E-state index contributed by atoms with van der Waals surface area (Å²) >= 11 is 0. The highest BCUT2D eigenvalue weighted by Gasteiger charge is 2.60. The molecule has 27 heavy (non-hydrogen) atoms. The quantitative estimate of drug-likeness (QED) is 0.854. The molecule has 2 aromatic carbocycles. The third-order valence-corrected chi connectivity index (χ3v) is 6.32. The number of halogens is 1. The van der Waals surface area contributed by atoms with Gasteiger partial charge in [0.05, 0.1) is 6.61 Å². The van der Waals surface area contributed by atoms with E-state index < -0.39 is 0 Å². The highest BCUT2D eigenvalue weighted by Crippen LogP contribution is 2.60. The number of carbonyl (C=O) groups excluding carboxylic acids is 1. The van der Waals surface area contributed by atoms with Crippen LogP contribution in [0.4, 0.5) is 0 Å². The normalized spacial score (nSPS) is 27.6. The van der Waals surface area contributed by atoms with E-state index in [1.54, 1.807) is 0 Å². The van der Waals surface area contributed by atoms with Crippen molar-refractivity contribution in [1.29, 1.82) is 0 Å². The van der Waals surface area contributed by atoms with Crippen LogP contribution in [-0.4, -0.2) is 25.6 Å². The van der Waals surface area contributed by atoms with Gasteiger partial charge in [0.25, 0.3) is 0 Å². The highest BCUT2D eigenvalue weighted by atomic mass is 35.5. The van der Waals surface area contributed by atoms with Crippen LogP contribution in [0.1, 0.15) is 35.6 Å². The summed E-state index contributed by atoms with van der Waals surface area (Å²) in [6.45, 7) is 2.33. The standard InChI is InChI=1S/C22H24N2O2.ClH/c25-21(24-14-19-16-6-2-1-5-15(16)9-11-23-19)18-13-22(18)10-12-26-20-8-4-3-7-17(20)22;/h1-8,18-19,23H,9-14H2,(H,24,25);1H. The van der Waals surface area contributed by atoms with E-state index in [9.17, 15) is 4.79 Å². The molecule has 5 rings (SSSR count). The monoisotopic (exact) mass is 384 g/mol. The maximum absolute atomic E-state index is 12.9. The molecule has 1 spiro atoms. The molecule has 1 amide bonds. The summed E-state index contributed by atoms with van der Waals surface area (Å²) < 4.78 is 5.78. The number of rotatable bonds is 3. The van der Waals surface area contributed by atoms with Crippen LogP contribution in [0.5, 0.6) is 5.75 Å². The molecular weight excluding hydrogens is 360 g/mol. The fourth-order valence-corrected chi connectivity index (χ4v) is 4.81. The number of nitrogens with one attached hydrogen (secondary N) is 2. The molecule has 2 heterocycles. The fourth-order valence-electron chi connectivity index (χ4n) is 4.81. The molecule has 2 aromatic rings. The molecule has 0 saturated heterocycles. The summed E-state index contributed by atoms with van der Waals surface area (Å²) in [7, 11) is 0. The molecule has 1 saturated carbocycles. The van der Waals surface area contributed by atoms with Gasteiger partial charge in [-0.15, -0.1) is 12.4 Å². The van der Waals surface area contributed by atoms with Crippen LogP contribution < -0.4 is 15.4 Å². The van der Waals surface area contributed by atoms with Crippen LogP contribution in [-0.2, 0) is 16.6 Å². The van der Waals surface area contributed by atoms with Gasteiger partial charge in [-0.05, 0) is 43.0 Å². The lowest BCUT2D eigenvalue weighted by atomic mass is 9.87. The molecule has 2 N–H and O–H groups in total. The average Bonchev–Trinajstić information content (AvgIpc) is 3.41. The van der Waals surface area contributed by atoms with Crippen molar-refractivity contribution in [3.8, 4) is 5.75 Å². The molecular formula is C22H25ClN2O2. The summed E-state index contributed by atoms with van der Waals surface area (Å²) in [4.78, 5) is 12.9. The van der Waals surface area contributed by atoms with Crippen LogP contribution in [0.3, 0.4) is 0 Å². The molecule has 2 aliphatic heterocycles. The molecule has 1 aliphatic carbocycles. The zero-order chi connectivity index (χ0) is 17.6. The number of hydrogen-bond acceptors (Lipinski definition) is 3. The van der Waals surface area contributed by atoms with Crippen molar-refractivity contribution in [2.24, 2.45) is 5.92 Å². The maximum Gasteiger partial charge on any atom is 0.224 e. The molecule has 142 valence electrons. The van der Waals surface area contributed by atoms with Gasteiger partial charge in [0.2, 0.25) is 5.91 Å². The minimum Gasteiger partial charge on any atom is -0.493 e. The largest absolute Gasteiger partial charge is 0.493 e. The third kappa shape index (κ3) is 3.11. The van der Waals surface area contributed by atoms with Gasteiger partial charge in [0, 0.05) is 29.5 Å². The fraction of sp³-hybridized carbons (Fsp3) is 0.409. The van der Waals surface area contributed by atoms with E-state index in [2.05, 4.69) is 41.0 Å². The van der Waals surface area contributed by atoms with Crippen LogP contribution >= 0.6 is 12.4 Å². The van der Waals surface area contributed by atoms with Gasteiger partial charge in [-0.3, -0.25) is 4.79 Å². The molecule has 1 fully saturated rings. The lowest BCUT2D eigenvalue weighted by Gasteiger charge is -2.28. The van der Waals surface area contributed by atoms with E-state index in [1.165, 1.54) is 16.7 Å². The van der Waals surface area contributed by atoms with E-state index in [0.717, 1.165) is 31.6 Å². The summed E-state index contributed by atoms with van der Waals surface area (Å²) in [6.07, 6.45) is 2.93. The van der Waals surface area contributed by atoms with Crippen molar-refractivity contribution >= 4 is 18.3 Å². The Hall–Kier alpha value is -2.04. The minimum atomic E-state index is -0.00315. The first kappa shape index (κ1) is 18.3. The van der Waals surface area contributed by atoms with Gasteiger partial charge in [-0.25, -0.2) is 0 Å². The SMILES string of the molecule is Cl.O=C(NCC1NCCc2ccccc21)C1CC12CCOc1ccccc12. The Labute approximate surface area is 166 Å². The Bertz CT molecular complexity index is 856. The zero-order valence-corrected chi connectivity index (χ0v) is 16.1. The van der Waals surface area contributed by atoms with Gasteiger partial charge < -0.3 is 15.4 Å².